The van der Waals surface area contributed by atoms with Gasteiger partial charge in [-0.05, 0) is 89.6 Å². The zero-order chi connectivity index (χ0) is 22.7. The van der Waals surface area contributed by atoms with Crippen molar-refractivity contribution in [2.24, 2.45) is 10.6 Å². The fraction of sp³-hybridized carbons (Fsp3) is 0.458. The lowest BCUT2D eigenvalue weighted by atomic mass is 9.69. The molecule has 8 heteroatoms. The molecule has 2 N–H and O–H groups in total. The monoisotopic (exact) mass is 439 g/mol. The normalized spacial score (nSPS) is 21.6. The van der Waals surface area contributed by atoms with Crippen LogP contribution >= 0.6 is 0 Å². The van der Waals surface area contributed by atoms with Crippen molar-refractivity contribution < 1.29 is 24.4 Å². The molecule has 1 saturated carbocycles. The van der Waals surface area contributed by atoms with Gasteiger partial charge in [0.1, 0.15) is 17.6 Å². The van der Waals surface area contributed by atoms with Crippen molar-refractivity contribution in [3.63, 3.8) is 0 Å². The number of aliphatic hydroxyl groups excluding tert-OH is 1. The molecule has 1 heterocycles. The zero-order valence-electron chi connectivity index (χ0n) is 18.7. The topological polar surface area (TPSA) is 110 Å². The van der Waals surface area contributed by atoms with Crippen molar-refractivity contribution in [2.75, 3.05) is 13.7 Å². The van der Waals surface area contributed by atoms with E-state index in [9.17, 15) is 10.2 Å². The van der Waals surface area contributed by atoms with Crippen LogP contribution in [0.3, 0.4) is 0 Å². The van der Waals surface area contributed by atoms with E-state index in [4.69, 9.17) is 14.2 Å². The Kier molecular flexibility index (Phi) is 6.32. The molecule has 0 bridgehead atoms. The first-order valence-electron chi connectivity index (χ1n) is 10.8. The number of hydrogen-bond donors (Lipinski definition) is 2. The van der Waals surface area contributed by atoms with Crippen LogP contribution in [0.25, 0.3) is 11.0 Å². The Hall–Kier alpha value is -3.13. The number of nitrogens with zero attached hydrogens (tertiary/aromatic N) is 3. The summed E-state index contributed by atoms with van der Waals surface area (Å²) in [5.41, 5.74) is 4.84. The first kappa shape index (κ1) is 22.1. The van der Waals surface area contributed by atoms with E-state index < -0.39 is 0 Å². The minimum atomic E-state index is -0.0234. The molecule has 1 aromatic heterocycles. The maximum absolute atomic E-state index is 10.4. The van der Waals surface area contributed by atoms with E-state index in [1.165, 1.54) is 0 Å². The molecule has 3 aromatic rings. The average molecular weight is 440 g/mol. The summed E-state index contributed by atoms with van der Waals surface area (Å²) >= 11 is 0. The van der Waals surface area contributed by atoms with Gasteiger partial charge >= 0.3 is 0 Å². The van der Waals surface area contributed by atoms with E-state index in [-0.39, 0.29) is 24.4 Å². The third-order valence-electron chi connectivity index (χ3n) is 6.51. The molecule has 0 aliphatic heterocycles. The summed E-state index contributed by atoms with van der Waals surface area (Å²) in [4.78, 5) is 5.61. The Morgan fingerprint density at radius 1 is 1.19 bits per heavy atom. The number of oxime groups is 1. The van der Waals surface area contributed by atoms with E-state index >= 15 is 0 Å². The molecular formula is C24H29N3O5. The van der Waals surface area contributed by atoms with Crippen molar-refractivity contribution in [1.29, 1.82) is 0 Å². The van der Waals surface area contributed by atoms with Crippen LogP contribution in [0, 0.1) is 5.41 Å². The molecule has 1 aliphatic carbocycles. The lowest BCUT2D eigenvalue weighted by molar-refractivity contribution is 0.0934. The molecule has 1 fully saturated rings. The number of fused-ring (bicyclic) bond motifs is 1. The summed E-state index contributed by atoms with van der Waals surface area (Å²) in [6.07, 6.45) is 3.81. The van der Waals surface area contributed by atoms with Gasteiger partial charge in [-0.15, -0.1) is 0 Å². The number of phenolic OH excluding ortho intramolecular Hbond substituents is 1. The number of benzene rings is 2. The van der Waals surface area contributed by atoms with Crippen molar-refractivity contribution in [3.05, 3.63) is 47.0 Å². The van der Waals surface area contributed by atoms with Crippen molar-refractivity contribution in [3.8, 4) is 11.5 Å². The molecule has 2 aromatic carbocycles. The number of aromatic nitrogens is 2. The van der Waals surface area contributed by atoms with Gasteiger partial charge in [0.2, 0.25) is 0 Å². The van der Waals surface area contributed by atoms with Crippen LogP contribution in [0.2, 0.25) is 0 Å². The van der Waals surface area contributed by atoms with Crippen molar-refractivity contribution >= 4 is 16.7 Å². The van der Waals surface area contributed by atoms with E-state index in [0.717, 1.165) is 42.4 Å². The molecule has 0 radical (unpaired) electrons. The van der Waals surface area contributed by atoms with Gasteiger partial charge in [0.05, 0.1) is 12.8 Å². The van der Waals surface area contributed by atoms with Crippen LogP contribution < -0.4 is 4.74 Å². The van der Waals surface area contributed by atoms with Crippen LogP contribution in [0.4, 0.5) is 0 Å². The van der Waals surface area contributed by atoms with Gasteiger partial charge in [-0.1, -0.05) is 18.1 Å². The van der Waals surface area contributed by atoms with Gasteiger partial charge in [0.15, 0.2) is 11.5 Å². The lowest BCUT2D eigenvalue weighted by Gasteiger charge is -2.36. The van der Waals surface area contributed by atoms with Gasteiger partial charge in [-0.3, -0.25) is 0 Å². The molecular weight excluding hydrogens is 410 g/mol. The first-order valence-corrected chi connectivity index (χ1v) is 10.8. The molecule has 1 aliphatic rings. The van der Waals surface area contributed by atoms with E-state index in [0.29, 0.717) is 28.4 Å². The van der Waals surface area contributed by atoms with Crippen LogP contribution in [0.5, 0.6) is 11.5 Å². The molecule has 32 heavy (non-hydrogen) atoms. The predicted octanol–water partition coefficient (Wildman–Crippen LogP) is 4.53. The quantitative estimate of drug-likeness (QED) is 0.411. The fourth-order valence-corrected chi connectivity index (χ4v) is 4.35. The van der Waals surface area contributed by atoms with Gasteiger partial charge in [-0.25, -0.2) is 4.63 Å². The molecule has 8 nitrogen and oxygen atoms in total. The summed E-state index contributed by atoms with van der Waals surface area (Å²) in [7, 11) is 1.55. The number of aliphatic hydroxyl groups is 1. The predicted molar refractivity (Wildman–Crippen MR) is 120 cm³/mol. The van der Waals surface area contributed by atoms with E-state index in [1.807, 2.05) is 31.2 Å². The maximum Gasteiger partial charge on any atom is 0.160 e. The van der Waals surface area contributed by atoms with Gasteiger partial charge < -0.3 is 19.8 Å². The maximum atomic E-state index is 10.4. The molecule has 4 rings (SSSR count). The minimum Gasteiger partial charge on any atom is -0.504 e. The fourth-order valence-electron chi connectivity index (χ4n) is 4.35. The highest BCUT2D eigenvalue weighted by Gasteiger charge is 2.32. The SMILES string of the molecule is COc1cc(C2CCC(C)(CO)CC2)c(/C(C)=N/OCc2ccc3nonc3c2)cc1O. The number of methoxy groups -OCH3 is 1. The second-order valence-electron chi connectivity index (χ2n) is 8.89. The number of phenols is 1. The minimum absolute atomic E-state index is 0.0234. The Morgan fingerprint density at radius 3 is 2.66 bits per heavy atom. The average Bonchev–Trinajstić information content (AvgIpc) is 3.27. The molecule has 170 valence electrons. The summed E-state index contributed by atoms with van der Waals surface area (Å²) in [6.45, 7) is 4.48. The summed E-state index contributed by atoms with van der Waals surface area (Å²) in [6, 6.07) is 9.17. The Labute approximate surface area is 186 Å². The summed E-state index contributed by atoms with van der Waals surface area (Å²) < 4.78 is 10.1. The molecule has 0 unspecified atom stereocenters. The highest BCUT2D eigenvalue weighted by Crippen LogP contribution is 2.45. The third kappa shape index (κ3) is 4.55. The lowest BCUT2D eigenvalue weighted by Crippen LogP contribution is -2.27. The highest BCUT2D eigenvalue weighted by molar-refractivity contribution is 6.00. The molecule has 0 amide bonds. The Balaban J connectivity index is 1.54. The van der Waals surface area contributed by atoms with Crippen LogP contribution in [-0.4, -0.2) is 40.0 Å². The number of ether oxygens (including phenoxy) is 1. The largest absolute Gasteiger partial charge is 0.504 e. The van der Waals surface area contributed by atoms with Crippen LogP contribution in [-0.2, 0) is 11.4 Å². The van der Waals surface area contributed by atoms with Crippen molar-refractivity contribution in [2.45, 2.75) is 52.1 Å². The number of hydrogen-bond acceptors (Lipinski definition) is 8. The zero-order valence-corrected chi connectivity index (χ0v) is 18.7. The Bertz CT molecular complexity index is 1120. The summed E-state index contributed by atoms with van der Waals surface area (Å²) in [5.74, 6) is 0.814. The standard InChI is InChI=1S/C24H29N3O5/c1-15(25-31-13-16-4-5-20-21(10-16)27-32-26-20)18-11-22(29)23(30-3)12-19(18)17-6-8-24(2,14-28)9-7-17/h4-5,10-12,17,28-29H,6-9,13-14H2,1-3H3/b25-15+. The second-order valence-corrected chi connectivity index (χ2v) is 8.89. The number of aromatic hydroxyl groups is 1. The summed E-state index contributed by atoms with van der Waals surface area (Å²) in [5, 5.41) is 32.1. The smallest absolute Gasteiger partial charge is 0.160 e. The molecule has 0 spiro atoms. The van der Waals surface area contributed by atoms with Gasteiger partial charge in [-0.2, -0.15) is 0 Å². The highest BCUT2D eigenvalue weighted by atomic mass is 16.6. The van der Waals surface area contributed by atoms with Crippen LogP contribution in [0.15, 0.2) is 40.1 Å². The van der Waals surface area contributed by atoms with Crippen molar-refractivity contribution in [1.82, 2.24) is 10.3 Å². The number of rotatable bonds is 7. The Morgan fingerprint density at radius 2 is 1.94 bits per heavy atom. The van der Waals surface area contributed by atoms with Gasteiger partial charge in [0.25, 0.3) is 0 Å². The van der Waals surface area contributed by atoms with E-state index in [2.05, 4.69) is 22.4 Å². The van der Waals surface area contributed by atoms with Crippen LogP contribution in [0.1, 0.15) is 62.1 Å². The third-order valence-corrected chi connectivity index (χ3v) is 6.51. The molecule has 0 atom stereocenters. The van der Waals surface area contributed by atoms with E-state index in [1.54, 1.807) is 13.2 Å². The van der Waals surface area contributed by atoms with Gasteiger partial charge in [0, 0.05) is 12.2 Å². The second kappa shape index (κ2) is 9.16. The first-order chi connectivity index (χ1) is 15.4. The molecule has 0 saturated heterocycles.